The molecule has 0 aliphatic carbocycles. The van der Waals surface area contributed by atoms with Crippen LogP contribution < -0.4 is 24.8 Å². The van der Waals surface area contributed by atoms with E-state index in [1.54, 1.807) is 21.3 Å². The molecular weight excluding hydrogens is 331 g/mol. The molecule has 3 N–H and O–H groups in total. The molecular formula is C14H26Cl2N2O4. The van der Waals surface area contributed by atoms with Gasteiger partial charge in [0.2, 0.25) is 5.75 Å². The van der Waals surface area contributed by atoms with E-state index in [2.05, 4.69) is 10.6 Å². The van der Waals surface area contributed by atoms with Crippen molar-refractivity contribution in [2.45, 2.75) is 6.54 Å². The highest BCUT2D eigenvalue weighted by molar-refractivity contribution is 5.85. The lowest BCUT2D eigenvalue weighted by Crippen LogP contribution is -2.28. The Kier molecular flexibility index (Phi) is 14.6. The smallest absolute Gasteiger partial charge is 0.203 e. The maximum absolute atomic E-state index is 8.65. The zero-order valence-corrected chi connectivity index (χ0v) is 14.8. The first kappa shape index (κ1) is 23.3. The minimum absolute atomic E-state index is 0. The molecule has 1 aromatic carbocycles. The van der Waals surface area contributed by atoms with Crippen molar-refractivity contribution in [3.05, 3.63) is 17.7 Å². The van der Waals surface area contributed by atoms with E-state index in [9.17, 15) is 0 Å². The lowest BCUT2D eigenvalue weighted by atomic mass is 10.1. The Morgan fingerprint density at radius 1 is 0.864 bits per heavy atom. The van der Waals surface area contributed by atoms with Gasteiger partial charge < -0.3 is 30.0 Å². The second-order valence-corrected chi connectivity index (χ2v) is 4.14. The second kappa shape index (κ2) is 13.7. The third kappa shape index (κ3) is 6.89. The summed E-state index contributed by atoms with van der Waals surface area (Å²) in [6.45, 7) is 3.04. The van der Waals surface area contributed by atoms with E-state index in [0.717, 1.165) is 18.7 Å². The number of methoxy groups -OCH3 is 3. The van der Waals surface area contributed by atoms with Crippen LogP contribution in [0.2, 0.25) is 0 Å². The van der Waals surface area contributed by atoms with Gasteiger partial charge in [0, 0.05) is 31.7 Å². The number of benzene rings is 1. The fourth-order valence-electron chi connectivity index (χ4n) is 1.91. The molecule has 6 nitrogen and oxygen atoms in total. The summed E-state index contributed by atoms with van der Waals surface area (Å²) in [7, 11) is 4.81. The molecule has 0 saturated carbocycles. The molecule has 0 amide bonds. The van der Waals surface area contributed by atoms with Gasteiger partial charge in [-0.05, 0) is 6.07 Å². The third-order valence-corrected chi connectivity index (χ3v) is 2.87. The van der Waals surface area contributed by atoms with Crippen LogP contribution in [-0.2, 0) is 6.54 Å². The number of aliphatic hydroxyl groups excluding tert-OH is 1. The van der Waals surface area contributed by atoms with Gasteiger partial charge in [0.1, 0.15) is 0 Å². The van der Waals surface area contributed by atoms with E-state index < -0.39 is 0 Å². The topological polar surface area (TPSA) is 72.0 Å². The Bertz CT molecular complexity index is 409. The quantitative estimate of drug-likeness (QED) is 0.547. The third-order valence-electron chi connectivity index (χ3n) is 2.87. The van der Waals surface area contributed by atoms with Gasteiger partial charge in [-0.2, -0.15) is 0 Å². The summed E-state index contributed by atoms with van der Waals surface area (Å²) < 4.78 is 16.0. The Morgan fingerprint density at radius 2 is 1.50 bits per heavy atom. The molecule has 0 aromatic heterocycles. The SMILES string of the molecule is COc1ccc(CNCCNCCO)c(OC)c1OC.Cl.Cl. The summed E-state index contributed by atoms with van der Waals surface area (Å²) in [6.07, 6.45) is 0. The molecule has 8 heteroatoms. The minimum Gasteiger partial charge on any atom is -0.493 e. The van der Waals surface area contributed by atoms with Crippen LogP contribution in [0, 0.1) is 0 Å². The molecule has 0 aliphatic rings. The molecule has 130 valence electrons. The van der Waals surface area contributed by atoms with Gasteiger partial charge in [0.25, 0.3) is 0 Å². The van der Waals surface area contributed by atoms with Crippen molar-refractivity contribution in [3.63, 3.8) is 0 Å². The second-order valence-electron chi connectivity index (χ2n) is 4.14. The van der Waals surface area contributed by atoms with E-state index >= 15 is 0 Å². The van der Waals surface area contributed by atoms with E-state index in [-0.39, 0.29) is 31.4 Å². The van der Waals surface area contributed by atoms with Crippen LogP contribution in [0.25, 0.3) is 0 Å². The first-order valence-electron chi connectivity index (χ1n) is 6.58. The van der Waals surface area contributed by atoms with Crippen molar-refractivity contribution >= 4 is 24.8 Å². The summed E-state index contributed by atoms with van der Waals surface area (Å²) >= 11 is 0. The number of hydrogen-bond donors (Lipinski definition) is 3. The van der Waals surface area contributed by atoms with Crippen LogP contribution in [-0.4, -0.2) is 52.7 Å². The molecule has 0 radical (unpaired) electrons. The zero-order valence-electron chi connectivity index (χ0n) is 13.2. The summed E-state index contributed by atoms with van der Waals surface area (Å²) in [5.41, 5.74) is 1.01. The number of nitrogens with one attached hydrogen (secondary N) is 2. The van der Waals surface area contributed by atoms with Crippen LogP contribution in [0.1, 0.15) is 5.56 Å². The van der Waals surface area contributed by atoms with Gasteiger partial charge >= 0.3 is 0 Å². The predicted octanol–water partition coefficient (Wildman–Crippen LogP) is 1.23. The standard InChI is InChI=1S/C14H24N2O4.2ClH/c1-18-12-5-4-11(13(19-2)14(12)20-3)10-16-7-6-15-8-9-17;;/h4-5,15-17H,6-10H2,1-3H3;2*1H. The molecule has 0 bridgehead atoms. The molecule has 0 aliphatic heterocycles. The summed E-state index contributed by atoms with van der Waals surface area (Å²) in [5, 5.41) is 15.1. The number of halogens is 2. The highest BCUT2D eigenvalue weighted by atomic mass is 35.5. The van der Waals surface area contributed by atoms with Crippen LogP contribution in [0.4, 0.5) is 0 Å². The molecule has 1 aromatic rings. The number of rotatable bonds is 10. The zero-order chi connectivity index (χ0) is 14.8. The van der Waals surface area contributed by atoms with Crippen LogP contribution >= 0.6 is 24.8 Å². The van der Waals surface area contributed by atoms with E-state index in [0.29, 0.717) is 30.3 Å². The Balaban J connectivity index is 0. The van der Waals surface area contributed by atoms with Crippen LogP contribution in [0.5, 0.6) is 17.2 Å². The molecule has 1 rings (SSSR count). The first-order chi connectivity index (χ1) is 9.78. The summed E-state index contributed by atoms with van der Waals surface area (Å²) in [6, 6.07) is 3.82. The maximum atomic E-state index is 8.65. The van der Waals surface area contributed by atoms with Gasteiger partial charge in [-0.3, -0.25) is 0 Å². The first-order valence-corrected chi connectivity index (χ1v) is 6.58. The monoisotopic (exact) mass is 356 g/mol. The van der Waals surface area contributed by atoms with Gasteiger partial charge in [-0.25, -0.2) is 0 Å². The van der Waals surface area contributed by atoms with E-state index in [1.165, 1.54) is 0 Å². The van der Waals surface area contributed by atoms with Crippen LogP contribution in [0.15, 0.2) is 12.1 Å². The van der Waals surface area contributed by atoms with Crippen molar-refractivity contribution in [1.82, 2.24) is 10.6 Å². The van der Waals surface area contributed by atoms with Gasteiger partial charge in [-0.15, -0.1) is 24.8 Å². The predicted molar refractivity (Wildman–Crippen MR) is 92.3 cm³/mol. The number of ether oxygens (including phenoxy) is 3. The lowest BCUT2D eigenvalue weighted by molar-refractivity contribution is 0.292. The van der Waals surface area contributed by atoms with E-state index in [4.69, 9.17) is 19.3 Å². The fourth-order valence-corrected chi connectivity index (χ4v) is 1.91. The normalized spacial score (nSPS) is 9.45. The number of hydrogen-bond acceptors (Lipinski definition) is 6. The summed E-state index contributed by atoms with van der Waals surface area (Å²) in [4.78, 5) is 0. The van der Waals surface area contributed by atoms with Gasteiger partial charge in [-0.1, -0.05) is 6.07 Å². The number of aliphatic hydroxyl groups is 1. The van der Waals surface area contributed by atoms with Gasteiger partial charge in [0.15, 0.2) is 11.5 Å². The Labute approximate surface area is 144 Å². The molecule has 0 saturated heterocycles. The molecule has 0 fully saturated rings. The average Bonchev–Trinajstić information content (AvgIpc) is 2.49. The van der Waals surface area contributed by atoms with Crippen molar-refractivity contribution in [3.8, 4) is 17.2 Å². The van der Waals surface area contributed by atoms with Crippen molar-refractivity contribution in [2.24, 2.45) is 0 Å². The largest absolute Gasteiger partial charge is 0.493 e. The van der Waals surface area contributed by atoms with Crippen molar-refractivity contribution < 1.29 is 19.3 Å². The Hall–Kier alpha value is -0.920. The maximum Gasteiger partial charge on any atom is 0.203 e. The molecule has 0 spiro atoms. The summed E-state index contributed by atoms with van der Waals surface area (Å²) in [5.74, 6) is 1.94. The van der Waals surface area contributed by atoms with E-state index in [1.807, 2.05) is 12.1 Å². The van der Waals surface area contributed by atoms with Crippen molar-refractivity contribution in [1.29, 1.82) is 0 Å². The molecule has 22 heavy (non-hydrogen) atoms. The highest BCUT2D eigenvalue weighted by Gasteiger charge is 2.15. The van der Waals surface area contributed by atoms with Gasteiger partial charge in [0.05, 0.1) is 27.9 Å². The molecule has 0 heterocycles. The molecule has 0 atom stereocenters. The van der Waals surface area contributed by atoms with Crippen molar-refractivity contribution in [2.75, 3.05) is 47.6 Å². The lowest BCUT2D eigenvalue weighted by Gasteiger charge is -2.16. The minimum atomic E-state index is 0. The van der Waals surface area contributed by atoms with Crippen LogP contribution in [0.3, 0.4) is 0 Å². The average molecular weight is 357 g/mol. The molecule has 0 unspecified atom stereocenters. The fraction of sp³-hybridized carbons (Fsp3) is 0.571. The Morgan fingerprint density at radius 3 is 2.05 bits per heavy atom. The highest BCUT2D eigenvalue weighted by Crippen LogP contribution is 2.39.